The van der Waals surface area contributed by atoms with Crippen LogP contribution < -0.4 is 19.1 Å². The number of hydrogen-bond acceptors (Lipinski definition) is 5. The summed E-state index contributed by atoms with van der Waals surface area (Å²) in [5, 5.41) is 2.88. The Kier molecular flexibility index (Phi) is 6.33. The Labute approximate surface area is 178 Å². The molecule has 0 radical (unpaired) electrons. The summed E-state index contributed by atoms with van der Waals surface area (Å²) < 4.78 is 37.4. The summed E-state index contributed by atoms with van der Waals surface area (Å²) >= 11 is 2.22. The van der Waals surface area contributed by atoms with Crippen LogP contribution in [0.2, 0.25) is 0 Å². The molecule has 1 aliphatic heterocycles. The van der Waals surface area contributed by atoms with Gasteiger partial charge in [0.05, 0.1) is 11.9 Å². The Morgan fingerprint density at radius 2 is 1.93 bits per heavy atom. The average molecular weight is 516 g/mol. The molecular formula is C19H21IN2O5S. The summed E-state index contributed by atoms with van der Waals surface area (Å²) in [6, 6.07) is 10.8. The fourth-order valence-electron chi connectivity index (χ4n) is 2.89. The number of benzene rings is 2. The zero-order valence-electron chi connectivity index (χ0n) is 15.6. The van der Waals surface area contributed by atoms with E-state index in [-0.39, 0.29) is 25.7 Å². The van der Waals surface area contributed by atoms with E-state index in [1.54, 1.807) is 18.2 Å². The highest BCUT2D eigenvalue weighted by atomic mass is 127. The molecule has 2 aromatic carbocycles. The number of nitrogens with one attached hydrogen (secondary N) is 1. The molecule has 0 unspecified atom stereocenters. The molecular weight excluding hydrogens is 495 g/mol. The molecule has 1 N–H and O–H groups in total. The third-order valence-electron chi connectivity index (χ3n) is 4.27. The van der Waals surface area contributed by atoms with Gasteiger partial charge in [0.15, 0.2) is 11.5 Å². The molecule has 0 fully saturated rings. The second kappa shape index (κ2) is 8.56. The van der Waals surface area contributed by atoms with Gasteiger partial charge in [0.1, 0.15) is 0 Å². The monoisotopic (exact) mass is 516 g/mol. The number of halogens is 1. The predicted molar refractivity (Wildman–Crippen MR) is 117 cm³/mol. The molecule has 3 rings (SSSR count). The first-order chi connectivity index (χ1) is 13.2. The van der Waals surface area contributed by atoms with Gasteiger partial charge in [-0.3, -0.25) is 9.10 Å². The number of anilines is 2. The summed E-state index contributed by atoms with van der Waals surface area (Å²) in [6.45, 7) is 2.25. The van der Waals surface area contributed by atoms with Crippen molar-refractivity contribution >= 4 is 49.9 Å². The number of fused-ring (bicyclic) bond motifs is 1. The second-order valence-electron chi connectivity index (χ2n) is 6.48. The van der Waals surface area contributed by atoms with Crippen molar-refractivity contribution < 1.29 is 22.7 Å². The first-order valence-electron chi connectivity index (χ1n) is 8.67. The number of amides is 1. The van der Waals surface area contributed by atoms with Gasteiger partial charge in [-0.25, -0.2) is 8.42 Å². The Hall–Kier alpha value is -2.01. The largest absolute Gasteiger partial charge is 0.454 e. The van der Waals surface area contributed by atoms with Crippen LogP contribution in [0.1, 0.15) is 18.4 Å². The van der Waals surface area contributed by atoms with Crippen LogP contribution in [0, 0.1) is 10.5 Å². The maximum Gasteiger partial charge on any atom is 0.232 e. The molecule has 0 atom stereocenters. The minimum absolute atomic E-state index is 0.121. The van der Waals surface area contributed by atoms with Crippen LogP contribution in [0.25, 0.3) is 0 Å². The number of sulfonamides is 1. The number of carbonyl (C=O) groups is 1. The van der Waals surface area contributed by atoms with E-state index in [4.69, 9.17) is 9.47 Å². The van der Waals surface area contributed by atoms with E-state index >= 15 is 0 Å². The maximum atomic E-state index is 12.3. The normalized spacial score (nSPS) is 12.7. The molecule has 0 saturated carbocycles. The van der Waals surface area contributed by atoms with E-state index in [9.17, 15) is 13.2 Å². The van der Waals surface area contributed by atoms with Gasteiger partial charge in [-0.2, -0.15) is 0 Å². The number of hydrogen-bond donors (Lipinski definition) is 1. The number of rotatable bonds is 7. The number of carbonyl (C=O) groups excluding carboxylic acids is 1. The summed E-state index contributed by atoms with van der Waals surface area (Å²) in [6.07, 6.45) is 1.74. The molecule has 7 nitrogen and oxygen atoms in total. The van der Waals surface area contributed by atoms with Crippen molar-refractivity contribution in [3.63, 3.8) is 0 Å². The van der Waals surface area contributed by atoms with Crippen LogP contribution in [0.5, 0.6) is 11.5 Å². The number of ether oxygens (including phenoxy) is 2. The summed E-state index contributed by atoms with van der Waals surface area (Å²) in [5.74, 6) is 0.950. The van der Waals surface area contributed by atoms with Crippen LogP contribution in [0.15, 0.2) is 36.4 Å². The van der Waals surface area contributed by atoms with Crippen molar-refractivity contribution in [1.82, 2.24) is 0 Å². The van der Waals surface area contributed by atoms with Crippen LogP contribution >= 0.6 is 22.6 Å². The van der Waals surface area contributed by atoms with Crippen molar-refractivity contribution in [3.8, 4) is 11.5 Å². The van der Waals surface area contributed by atoms with Crippen molar-refractivity contribution in [2.24, 2.45) is 0 Å². The minimum Gasteiger partial charge on any atom is -0.454 e. The molecule has 9 heteroatoms. The molecule has 0 spiro atoms. The lowest BCUT2D eigenvalue weighted by Crippen LogP contribution is -2.31. The predicted octanol–water partition coefficient (Wildman–Crippen LogP) is 3.51. The van der Waals surface area contributed by atoms with E-state index in [0.29, 0.717) is 23.6 Å². The lowest BCUT2D eigenvalue weighted by Gasteiger charge is -2.22. The summed E-state index contributed by atoms with van der Waals surface area (Å²) in [7, 11) is -3.50. The molecule has 1 amide bonds. The Morgan fingerprint density at radius 1 is 1.18 bits per heavy atom. The van der Waals surface area contributed by atoms with Gasteiger partial charge >= 0.3 is 0 Å². The SMILES string of the molecule is Cc1cc(I)ccc1NC(=O)CCCN(c1ccc2c(c1)OCO2)S(C)(=O)=O. The Bertz CT molecular complexity index is 994. The van der Waals surface area contributed by atoms with Crippen LogP contribution in [0.3, 0.4) is 0 Å². The third-order valence-corrected chi connectivity index (χ3v) is 6.14. The van der Waals surface area contributed by atoms with E-state index in [1.807, 2.05) is 25.1 Å². The Morgan fingerprint density at radius 3 is 2.64 bits per heavy atom. The summed E-state index contributed by atoms with van der Waals surface area (Å²) in [4.78, 5) is 12.3. The van der Waals surface area contributed by atoms with Gasteiger partial charge in [-0.1, -0.05) is 0 Å². The van der Waals surface area contributed by atoms with Gasteiger partial charge in [-0.15, -0.1) is 0 Å². The molecule has 0 aliphatic carbocycles. The average Bonchev–Trinajstić information content (AvgIpc) is 3.07. The highest BCUT2D eigenvalue weighted by Crippen LogP contribution is 2.36. The topological polar surface area (TPSA) is 84.9 Å². The minimum atomic E-state index is -3.50. The van der Waals surface area contributed by atoms with Gasteiger partial charge in [-0.05, 0) is 71.8 Å². The van der Waals surface area contributed by atoms with Gasteiger partial charge in [0.2, 0.25) is 22.7 Å². The molecule has 1 heterocycles. The highest BCUT2D eigenvalue weighted by molar-refractivity contribution is 14.1. The van der Waals surface area contributed by atoms with Crippen molar-refractivity contribution in [1.29, 1.82) is 0 Å². The van der Waals surface area contributed by atoms with Crippen molar-refractivity contribution in [2.45, 2.75) is 19.8 Å². The van der Waals surface area contributed by atoms with Crippen LogP contribution in [-0.2, 0) is 14.8 Å². The molecule has 0 saturated heterocycles. The Balaban J connectivity index is 1.62. The molecule has 150 valence electrons. The summed E-state index contributed by atoms with van der Waals surface area (Å²) in [5.41, 5.74) is 2.24. The number of nitrogens with zero attached hydrogens (tertiary/aromatic N) is 1. The quantitative estimate of drug-likeness (QED) is 0.570. The van der Waals surface area contributed by atoms with E-state index in [0.717, 1.165) is 21.1 Å². The zero-order valence-corrected chi connectivity index (χ0v) is 18.5. The molecule has 0 bridgehead atoms. The maximum absolute atomic E-state index is 12.3. The van der Waals surface area contributed by atoms with Crippen molar-refractivity contribution in [3.05, 3.63) is 45.5 Å². The van der Waals surface area contributed by atoms with E-state index in [1.165, 1.54) is 4.31 Å². The fraction of sp³-hybridized carbons (Fsp3) is 0.316. The lowest BCUT2D eigenvalue weighted by atomic mass is 10.2. The molecule has 1 aliphatic rings. The van der Waals surface area contributed by atoms with Crippen LogP contribution in [0.4, 0.5) is 11.4 Å². The van der Waals surface area contributed by atoms with E-state index in [2.05, 4.69) is 27.9 Å². The van der Waals surface area contributed by atoms with Gasteiger partial charge < -0.3 is 14.8 Å². The van der Waals surface area contributed by atoms with Crippen LogP contribution in [-0.4, -0.2) is 33.9 Å². The molecule has 2 aromatic rings. The second-order valence-corrected chi connectivity index (χ2v) is 9.64. The van der Waals surface area contributed by atoms with Gasteiger partial charge in [0, 0.05) is 28.3 Å². The number of aryl methyl sites for hydroxylation is 1. The first kappa shape index (κ1) is 20.7. The fourth-order valence-corrected chi connectivity index (χ4v) is 4.49. The molecule has 28 heavy (non-hydrogen) atoms. The lowest BCUT2D eigenvalue weighted by molar-refractivity contribution is -0.116. The third kappa shape index (κ3) is 5.07. The first-order valence-corrected chi connectivity index (χ1v) is 11.6. The zero-order chi connectivity index (χ0) is 20.3. The van der Waals surface area contributed by atoms with Gasteiger partial charge in [0.25, 0.3) is 0 Å². The standard InChI is InChI=1S/C19H21IN2O5S/c1-13-10-14(20)5-7-16(13)21-19(23)4-3-9-22(28(2,24)25)15-6-8-17-18(11-15)27-12-26-17/h5-8,10-11H,3-4,9,12H2,1-2H3,(H,21,23). The van der Waals surface area contributed by atoms with E-state index < -0.39 is 10.0 Å². The van der Waals surface area contributed by atoms with Crippen molar-refractivity contribution in [2.75, 3.05) is 29.2 Å². The molecule has 0 aromatic heterocycles. The smallest absolute Gasteiger partial charge is 0.232 e. The highest BCUT2D eigenvalue weighted by Gasteiger charge is 2.21.